The maximum Gasteiger partial charge on any atom is 0.271 e. The average Bonchev–Trinajstić information content (AvgIpc) is 3.58. The molecule has 0 saturated carbocycles. The molecule has 11 heteroatoms. The van der Waals surface area contributed by atoms with Gasteiger partial charge in [0.05, 0.1) is 23.6 Å². The zero-order chi connectivity index (χ0) is 25.0. The van der Waals surface area contributed by atoms with E-state index < -0.39 is 5.91 Å². The molecule has 2 bridgehead atoms. The molecule has 0 aliphatic carbocycles. The van der Waals surface area contributed by atoms with Crippen LogP contribution in [-0.2, 0) is 7.05 Å². The smallest absolute Gasteiger partial charge is 0.271 e. The first-order valence-electron chi connectivity index (χ1n) is 11.9. The Bertz CT molecular complexity index is 1460. The van der Waals surface area contributed by atoms with Gasteiger partial charge < -0.3 is 25.8 Å². The number of pyridine rings is 1. The second kappa shape index (κ2) is 8.45. The maximum atomic E-state index is 12.4. The van der Waals surface area contributed by atoms with Crippen LogP contribution in [0.3, 0.4) is 0 Å². The normalized spacial score (nSPS) is 19.2. The van der Waals surface area contributed by atoms with Gasteiger partial charge >= 0.3 is 0 Å². The van der Waals surface area contributed by atoms with Gasteiger partial charge in [-0.3, -0.25) is 14.7 Å². The van der Waals surface area contributed by atoms with Crippen LogP contribution >= 0.6 is 0 Å². The summed E-state index contributed by atoms with van der Waals surface area (Å²) in [4.78, 5) is 35.4. The fourth-order valence-corrected chi connectivity index (χ4v) is 5.33. The number of likely N-dealkylation sites (tertiary alicyclic amines) is 1. The number of amides is 1. The van der Waals surface area contributed by atoms with Gasteiger partial charge in [-0.25, -0.2) is 15.0 Å². The SMILES string of the molecule is CNc1nc(Nc2ccc(N3CC4CC3CN4C)cc2)c(C(N)=O)nc1-c1cncc2c1ncn2C. The third-order valence-corrected chi connectivity index (χ3v) is 7.24. The number of anilines is 4. The van der Waals surface area contributed by atoms with Crippen molar-refractivity contribution < 1.29 is 4.79 Å². The topological polar surface area (TPSA) is 130 Å². The number of piperazine rings is 1. The number of hydrogen-bond acceptors (Lipinski definition) is 9. The number of nitrogens with two attached hydrogens (primary N) is 1. The lowest BCUT2D eigenvalue weighted by Gasteiger charge is -2.33. The van der Waals surface area contributed by atoms with E-state index in [1.807, 2.05) is 23.7 Å². The lowest BCUT2D eigenvalue weighted by Crippen LogP contribution is -2.44. The average molecular weight is 485 g/mol. The minimum atomic E-state index is -0.677. The quantitative estimate of drug-likeness (QED) is 0.377. The van der Waals surface area contributed by atoms with Gasteiger partial charge in [-0.05, 0) is 37.7 Å². The Morgan fingerprint density at radius 3 is 2.53 bits per heavy atom. The molecule has 1 amide bonds. The highest BCUT2D eigenvalue weighted by atomic mass is 16.1. The van der Waals surface area contributed by atoms with Crippen molar-refractivity contribution in [3.8, 4) is 11.3 Å². The van der Waals surface area contributed by atoms with Crippen LogP contribution in [0.25, 0.3) is 22.3 Å². The molecule has 2 aliphatic rings. The van der Waals surface area contributed by atoms with Crippen LogP contribution in [0.1, 0.15) is 16.9 Å². The molecule has 2 fully saturated rings. The summed E-state index contributed by atoms with van der Waals surface area (Å²) < 4.78 is 1.87. The van der Waals surface area contributed by atoms with Crippen molar-refractivity contribution in [3.63, 3.8) is 0 Å². The van der Waals surface area contributed by atoms with Gasteiger partial charge in [-0.2, -0.15) is 0 Å². The van der Waals surface area contributed by atoms with Crippen molar-refractivity contribution in [2.24, 2.45) is 12.8 Å². The van der Waals surface area contributed by atoms with Crippen molar-refractivity contribution in [1.82, 2.24) is 29.4 Å². The van der Waals surface area contributed by atoms with Gasteiger partial charge in [0.15, 0.2) is 17.3 Å². The number of carbonyl (C=O) groups excluding carboxylic acids is 1. The van der Waals surface area contributed by atoms with E-state index in [0.29, 0.717) is 34.7 Å². The molecule has 2 unspecified atom stereocenters. The Morgan fingerprint density at radius 1 is 1.06 bits per heavy atom. The number of aromatic nitrogens is 5. The molecule has 2 atom stereocenters. The van der Waals surface area contributed by atoms with Gasteiger partial charge in [0.1, 0.15) is 11.2 Å². The van der Waals surface area contributed by atoms with Crippen LogP contribution in [-0.4, -0.2) is 74.6 Å². The molecule has 1 aromatic carbocycles. The molecular formula is C25H28N10O. The number of carbonyl (C=O) groups is 1. The fourth-order valence-electron chi connectivity index (χ4n) is 5.33. The Labute approximate surface area is 208 Å². The summed E-state index contributed by atoms with van der Waals surface area (Å²) in [6, 6.07) is 9.37. The summed E-state index contributed by atoms with van der Waals surface area (Å²) in [5, 5.41) is 6.32. The molecule has 4 N–H and O–H groups in total. The number of rotatable bonds is 6. The number of likely N-dealkylation sites (N-methyl/N-ethyl adjacent to an activating group) is 1. The number of fused-ring (bicyclic) bond motifs is 3. The molecule has 36 heavy (non-hydrogen) atoms. The first-order chi connectivity index (χ1) is 17.4. The summed E-state index contributed by atoms with van der Waals surface area (Å²) in [5.74, 6) is 0.0894. The van der Waals surface area contributed by atoms with Crippen molar-refractivity contribution in [1.29, 1.82) is 0 Å². The highest BCUT2D eigenvalue weighted by molar-refractivity contribution is 5.99. The number of hydrogen-bond donors (Lipinski definition) is 3. The van der Waals surface area contributed by atoms with Crippen molar-refractivity contribution in [3.05, 3.63) is 48.7 Å². The van der Waals surface area contributed by atoms with Crippen LogP contribution in [0, 0.1) is 0 Å². The van der Waals surface area contributed by atoms with Gasteiger partial charge in [0, 0.05) is 56.8 Å². The monoisotopic (exact) mass is 484 g/mol. The van der Waals surface area contributed by atoms with E-state index in [-0.39, 0.29) is 11.5 Å². The van der Waals surface area contributed by atoms with E-state index in [1.165, 1.54) is 12.1 Å². The zero-order valence-electron chi connectivity index (χ0n) is 20.4. The molecule has 5 heterocycles. The lowest BCUT2D eigenvalue weighted by molar-refractivity contribution is 0.0996. The fraction of sp³-hybridized carbons (Fsp3) is 0.320. The molecule has 3 aromatic heterocycles. The zero-order valence-corrected chi connectivity index (χ0v) is 20.4. The molecule has 2 aliphatic heterocycles. The Morgan fingerprint density at radius 2 is 1.86 bits per heavy atom. The molecule has 4 aromatic rings. The molecule has 0 spiro atoms. The van der Waals surface area contributed by atoms with Gasteiger partial charge in [0.25, 0.3) is 5.91 Å². The number of nitrogens with one attached hydrogen (secondary N) is 2. The second-order valence-corrected chi connectivity index (χ2v) is 9.45. The number of benzene rings is 1. The summed E-state index contributed by atoms with van der Waals surface area (Å²) >= 11 is 0. The highest BCUT2D eigenvalue weighted by Gasteiger charge is 2.41. The number of primary amides is 1. The van der Waals surface area contributed by atoms with Crippen LogP contribution in [0.5, 0.6) is 0 Å². The van der Waals surface area contributed by atoms with Crippen LogP contribution in [0.4, 0.5) is 23.0 Å². The second-order valence-electron chi connectivity index (χ2n) is 9.45. The van der Waals surface area contributed by atoms with Crippen LogP contribution in [0.15, 0.2) is 43.0 Å². The number of nitrogens with zero attached hydrogens (tertiary/aromatic N) is 7. The third kappa shape index (κ3) is 3.59. The molecule has 11 nitrogen and oxygen atoms in total. The molecule has 0 radical (unpaired) electrons. The van der Waals surface area contributed by atoms with E-state index in [2.05, 4.69) is 59.5 Å². The predicted molar refractivity (Wildman–Crippen MR) is 139 cm³/mol. The largest absolute Gasteiger partial charge is 0.371 e. The highest BCUT2D eigenvalue weighted by Crippen LogP contribution is 2.35. The van der Waals surface area contributed by atoms with E-state index in [4.69, 9.17) is 5.73 Å². The standard InChI is InChI=1S/C25H28N10O/c1-27-24-21(18-9-28-10-19-20(18)29-13-34(19)3)31-22(23(26)36)25(32-24)30-14-4-6-15(7-5-14)35-12-16-8-17(35)11-33(16)2/h4-7,9-10,13,16-17H,8,11-12H2,1-3H3,(H2,26,36)(H2,27,30,32). The van der Waals surface area contributed by atoms with E-state index >= 15 is 0 Å². The number of aryl methyl sites for hydroxylation is 1. The minimum absolute atomic E-state index is 0.0425. The van der Waals surface area contributed by atoms with Crippen molar-refractivity contribution >= 4 is 40.0 Å². The molecular weight excluding hydrogens is 456 g/mol. The summed E-state index contributed by atoms with van der Waals surface area (Å²) in [6.07, 6.45) is 6.33. The summed E-state index contributed by atoms with van der Waals surface area (Å²) in [7, 11) is 5.85. The van der Waals surface area contributed by atoms with E-state index in [9.17, 15) is 4.79 Å². The Kier molecular flexibility index (Phi) is 5.22. The molecule has 2 saturated heterocycles. The Balaban J connectivity index is 1.33. The summed E-state index contributed by atoms with van der Waals surface area (Å²) in [5.41, 5.74) is 10.4. The lowest BCUT2D eigenvalue weighted by atomic mass is 10.1. The van der Waals surface area contributed by atoms with Crippen LogP contribution in [0.2, 0.25) is 0 Å². The molecule has 184 valence electrons. The maximum absolute atomic E-state index is 12.4. The van der Waals surface area contributed by atoms with Gasteiger partial charge in [-0.1, -0.05) is 0 Å². The van der Waals surface area contributed by atoms with Gasteiger partial charge in [0.2, 0.25) is 0 Å². The third-order valence-electron chi connectivity index (χ3n) is 7.24. The Hall–Kier alpha value is -4.25. The summed E-state index contributed by atoms with van der Waals surface area (Å²) in [6.45, 7) is 2.15. The van der Waals surface area contributed by atoms with E-state index in [1.54, 1.807) is 25.8 Å². The predicted octanol–water partition coefficient (Wildman–Crippen LogP) is 2.20. The minimum Gasteiger partial charge on any atom is -0.371 e. The van der Waals surface area contributed by atoms with E-state index in [0.717, 1.165) is 24.3 Å². The first kappa shape index (κ1) is 22.2. The van der Waals surface area contributed by atoms with Crippen molar-refractivity contribution in [2.75, 3.05) is 42.7 Å². The first-order valence-corrected chi connectivity index (χ1v) is 11.9. The molecule has 6 rings (SSSR count). The number of imidazole rings is 1. The van der Waals surface area contributed by atoms with Crippen LogP contribution < -0.4 is 21.3 Å². The van der Waals surface area contributed by atoms with Gasteiger partial charge in [-0.15, -0.1) is 0 Å². The van der Waals surface area contributed by atoms with Crippen molar-refractivity contribution in [2.45, 2.75) is 18.5 Å².